The number of esters is 1. The molecule has 13 heteroatoms. The molecule has 0 fully saturated rings. The fraction of sp³-hybridized carbons (Fsp3) is 0.345. The quantitative estimate of drug-likeness (QED) is 0.118. The SMILES string of the molecule is Cc1c(F)cccc1-c1nc([C@@H](C(=O)Nc2ccc(C#N)cn2)C(=O)OCCO[Si](C)(C)C(C)(C)C)c2cn[nH]c2n1. The first kappa shape index (κ1) is 30.4. The molecule has 1 atom stereocenters. The molecule has 0 spiro atoms. The van der Waals surface area contributed by atoms with Crippen LogP contribution in [0.1, 0.15) is 43.5 Å². The van der Waals surface area contributed by atoms with Gasteiger partial charge in [0.05, 0.1) is 29.4 Å². The van der Waals surface area contributed by atoms with E-state index in [-0.39, 0.29) is 41.2 Å². The van der Waals surface area contributed by atoms with Crippen molar-refractivity contribution in [1.82, 2.24) is 25.1 Å². The number of rotatable bonds is 9. The number of hydrogen-bond donors (Lipinski definition) is 2. The predicted octanol–water partition coefficient (Wildman–Crippen LogP) is 5.02. The van der Waals surface area contributed by atoms with E-state index >= 15 is 0 Å². The van der Waals surface area contributed by atoms with Crippen molar-refractivity contribution in [3.63, 3.8) is 0 Å². The Bertz CT molecular complexity index is 1660. The number of anilines is 1. The van der Waals surface area contributed by atoms with Gasteiger partial charge in [0.25, 0.3) is 0 Å². The molecule has 11 nitrogen and oxygen atoms in total. The molecule has 4 aromatic rings. The van der Waals surface area contributed by atoms with Gasteiger partial charge in [-0.05, 0) is 48.8 Å². The first-order valence-corrected chi connectivity index (χ1v) is 16.2. The molecule has 1 aromatic carbocycles. The summed E-state index contributed by atoms with van der Waals surface area (Å²) in [6.45, 7) is 12.1. The zero-order valence-electron chi connectivity index (χ0n) is 24.3. The molecule has 0 aliphatic rings. The van der Waals surface area contributed by atoms with Crippen LogP contribution in [0.4, 0.5) is 10.2 Å². The summed E-state index contributed by atoms with van der Waals surface area (Å²) in [5.41, 5.74) is 1.26. The van der Waals surface area contributed by atoms with Crippen molar-refractivity contribution in [3.05, 3.63) is 65.4 Å². The molecule has 2 N–H and O–H groups in total. The average molecular weight is 590 g/mol. The summed E-state index contributed by atoms with van der Waals surface area (Å²) < 4.78 is 26.1. The number of amides is 1. The fourth-order valence-corrected chi connectivity index (χ4v) is 4.89. The number of aromatic nitrogens is 5. The Labute approximate surface area is 243 Å². The second kappa shape index (κ2) is 12.1. The standard InChI is InChI=1S/C29H32FN7O4Si/c1-17-19(8-7-9-21(17)30)25-35-24(20-16-33-37-26(20)36-25)23(27(38)34-22-11-10-18(14-31)15-32-22)28(39)40-12-13-41-42(5,6)29(2,3)4/h7-11,15-16,23H,12-13H2,1-6H3,(H,32,34,38)(H,33,35,36,37)/t23-/m0/s1. The number of fused-ring (bicyclic) bond motifs is 1. The Morgan fingerprint density at radius 2 is 1.90 bits per heavy atom. The van der Waals surface area contributed by atoms with E-state index < -0.39 is 31.9 Å². The maximum Gasteiger partial charge on any atom is 0.324 e. The summed E-state index contributed by atoms with van der Waals surface area (Å²) in [7, 11) is -2.10. The minimum Gasteiger partial charge on any atom is -0.462 e. The molecular formula is C29H32FN7O4Si. The van der Waals surface area contributed by atoms with Gasteiger partial charge in [0, 0.05) is 11.8 Å². The van der Waals surface area contributed by atoms with Gasteiger partial charge >= 0.3 is 5.97 Å². The van der Waals surface area contributed by atoms with Crippen LogP contribution < -0.4 is 5.32 Å². The van der Waals surface area contributed by atoms with Crippen LogP contribution in [0.5, 0.6) is 0 Å². The number of carbonyl (C=O) groups excluding carboxylic acids is 2. The Morgan fingerprint density at radius 1 is 1.14 bits per heavy atom. The van der Waals surface area contributed by atoms with E-state index in [1.807, 2.05) is 6.07 Å². The van der Waals surface area contributed by atoms with Gasteiger partial charge in [-0.1, -0.05) is 32.9 Å². The molecule has 0 unspecified atom stereocenters. The lowest BCUT2D eigenvalue weighted by atomic mass is 10.0. The number of nitriles is 1. The van der Waals surface area contributed by atoms with Gasteiger partial charge in [0.2, 0.25) is 5.91 Å². The van der Waals surface area contributed by atoms with Crippen molar-refractivity contribution < 1.29 is 23.1 Å². The van der Waals surface area contributed by atoms with Crippen molar-refractivity contribution in [1.29, 1.82) is 5.26 Å². The highest BCUT2D eigenvalue weighted by atomic mass is 28.4. The zero-order chi connectivity index (χ0) is 30.7. The van der Waals surface area contributed by atoms with Gasteiger partial charge in [-0.15, -0.1) is 0 Å². The summed E-state index contributed by atoms with van der Waals surface area (Å²) in [6.07, 6.45) is 2.70. The van der Waals surface area contributed by atoms with Crippen LogP contribution in [0.3, 0.4) is 0 Å². The zero-order valence-corrected chi connectivity index (χ0v) is 25.3. The topological polar surface area (TPSA) is 156 Å². The molecule has 0 aliphatic heterocycles. The number of aromatic amines is 1. The van der Waals surface area contributed by atoms with E-state index in [9.17, 15) is 14.0 Å². The molecule has 42 heavy (non-hydrogen) atoms. The molecule has 0 aliphatic carbocycles. The Hall–Kier alpha value is -4.54. The molecule has 0 saturated carbocycles. The first-order valence-electron chi connectivity index (χ1n) is 13.3. The fourth-order valence-electron chi connectivity index (χ4n) is 3.86. The van der Waals surface area contributed by atoms with Crippen LogP contribution in [0.2, 0.25) is 18.1 Å². The van der Waals surface area contributed by atoms with Crippen LogP contribution in [0.25, 0.3) is 22.4 Å². The highest BCUT2D eigenvalue weighted by Crippen LogP contribution is 2.36. The predicted molar refractivity (Wildman–Crippen MR) is 156 cm³/mol. The number of halogens is 1. The number of benzene rings is 1. The van der Waals surface area contributed by atoms with E-state index in [0.29, 0.717) is 22.1 Å². The van der Waals surface area contributed by atoms with Gasteiger partial charge < -0.3 is 14.5 Å². The maximum absolute atomic E-state index is 14.4. The van der Waals surface area contributed by atoms with Gasteiger partial charge in [-0.2, -0.15) is 10.4 Å². The number of nitrogens with one attached hydrogen (secondary N) is 2. The number of H-pyrrole nitrogens is 1. The van der Waals surface area contributed by atoms with Gasteiger partial charge in [-0.25, -0.2) is 19.3 Å². The van der Waals surface area contributed by atoms with Crippen LogP contribution in [0.15, 0.2) is 42.7 Å². The number of nitrogens with zero attached hydrogens (tertiary/aromatic N) is 5. The van der Waals surface area contributed by atoms with Crippen LogP contribution >= 0.6 is 0 Å². The summed E-state index contributed by atoms with van der Waals surface area (Å²) in [6, 6.07) is 9.37. The van der Waals surface area contributed by atoms with E-state index in [0.717, 1.165) is 0 Å². The van der Waals surface area contributed by atoms with Gasteiger partial charge in [0.1, 0.15) is 24.3 Å². The lowest BCUT2D eigenvalue weighted by molar-refractivity contribution is -0.148. The molecule has 4 rings (SSSR count). The van der Waals surface area contributed by atoms with Crippen LogP contribution in [0, 0.1) is 24.1 Å². The first-order chi connectivity index (χ1) is 19.8. The third kappa shape index (κ3) is 6.50. The summed E-state index contributed by atoms with van der Waals surface area (Å²) in [5.74, 6) is -3.44. The number of carbonyl (C=O) groups is 2. The second-order valence-corrected chi connectivity index (χ2v) is 16.0. The van der Waals surface area contributed by atoms with E-state index in [1.165, 1.54) is 36.7 Å². The third-order valence-corrected chi connectivity index (χ3v) is 11.9. The van der Waals surface area contributed by atoms with Crippen LogP contribution in [-0.2, 0) is 18.8 Å². The third-order valence-electron chi connectivity index (χ3n) is 7.36. The van der Waals surface area contributed by atoms with Crippen molar-refractivity contribution in [2.24, 2.45) is 0 Å². The molecule has 0 bridgehead atoms. The minimum atomic E-state index is -2.10. The molecule has 1 amide bonds. The van der Waals surface area contributed by atoms with Crippen molar-refractivity contribution in [2.45, 2.75) is 51.7 Å². The highest BCUT2D eigenvalue weighted by Gasteiger charge is 2.38. The van der Waals surface area contributed by atoms with Gasteiger partial charge in [0.15, 0.2) is 25.7 Å². The lowest BCUT2D eigenvalue weighted by Crippen LogP contribution is -2.41. The van der Waals surface area contributed by atoms with Crippen molar-refractivity contribution in [3.8, 4) is 17.5 Å². The lowest BCUT2D eigenvalue weighted by Gasteiger charge is -2.36. The van der Waals surface area contributed by atoms with E-state index in [2.05, 4.69) is 64.3 Å². The van der Waals surface area contributed by atoms with Crippen molar-refractivity contribution >= 4 is 37.0 Å². The molecule has 0 saturated heterocycles. The Balaban J connectivity index is 1.71. The largest absolute Gasteiger partial charge is 0.462 e. The summed E-state index contributed by atoms with van der Waals surface area (Å²) >= 11 is 0. The molecule has 3 heterocycles. The average Bonchev–Trinajstić information content (AvgIpc) is 3.41. The number of hydrogen-bond acceptors (Lipinski definition) is 9. The normalized spacial score (nSPS) is 12.5. The maximum atomic E-state index is 14.4. The number of pyridine rings is 1. The highest BCUT2D eigenvalue weighted by molar-refractivity contribution is 6.74. The van der Waals surface area contributed by atoms with Crippen molar-refractivity contribution in [2.75, 3.05) is 18.5 Å². The molecule has 0 radical (unpaired) electrons. The number of ether oxygens (including phenoxy) is 1. The Morgan fingerprint density at radius 3 is 2.57 bits per heavy atom. The summed E-state index contributed by atoms with van der Waals surface area (Å²) in [5, 5.41) is 18.7. The smallest absolute Gasteiger partial charge is 0.324 e. The van der Waals surface area contributed by atoms with Crippen LogP contribution in [-0.4, -0.2) is 58.6 Å². The van der Waals surface area contributed by atoms with Gasteiger partial charge in [-0.3, -0.25) is 14.7 Å². The second-order valence-electron chi connectivity index (χ2n) is 11.2. The minimum absolute atomic E-state index is 0.0221. The molecule has 3 aromatic heterocycles. The van der Waals surface area contributed by atoms with E-state index in [4.69, 9.17) is 14.4 Å². The van der Waals surface area contributed by atoms with E-state index in [1.54, 1.807) is 13.0 Å². The summed E-state index contributed by atoms with van der Waals surface area (Å²) in [4.78, 5) is 40.4. The molecule has 218 valence electrons. The Kier molecular flexibility index (Phi) is 8.79. The monoisotopic (exact) mass is 589 g/mol. The molecular weight excluding hydrogens is 557 g/mol.